The van der Waals surface area contributed by atoms with E-state index >= 15 is 0 Å². The van der Waals surface area contributed by atoms with E-state index in [1.165, 1.54) is 0 Å². The molecule has 6 heteroatoms. The van der Waals surface area contributed by atoms with Crippen LogP contribution in [0.5, 0.6) is 0 Å². The number of amides is 2. The van der Waals surface area contributed by atoms with E-state index in [0.29, 0.717) is 12.1 Å². The standard InChI is InChI=1S/C16H21N3O3/c1-15(2,3)22-14(21)18-12-9-17-8-11-10(12)4-6-16(11)7-5-13(20)19-16/h8-9H,4-7H2,1-3H3,(H,18,21)(H,19,20). The maximum Gasteiger partial charge on any atom is 0.412 e. The lowest BCUT2D eigenvalue weighted by Crippen LogP contribution is -2.36. The van der Waals surface area contributed by atoms with Gasteiger partial charge in [0.1, 0.15) is 5.60 Å². The van der Waals surface area contributed by atoms with Crippen LogP contribution in [0.15, 0.2) is 12.4 Å². The van der Waals surface area contributed by atoms with Gasteiger partial charge in [-0.3, -0.25) is 15.1 Å². The third kappa shape index (κ3) is 2.65. The van der Waals surface area contributed by atoms with Gasteiger partial charge >= 0.3 is 6.09 Å². The maximum atomic E-state index is 12.0. The number of nitrogens with one attached hydrogen (secondary N) is 2. The van der Waals surface area contributed by atoms with Crippen LogP contribution < -0.4 is 10.6 Å². The third-order valence-electron chi connectivity index (χ3n) is 4.17. The molecular formula is C16H21N3O3. The van der Waals surface area contributed by atoms with Crippen LogP contribution in [0.3, 0.4) is 0 Å². The van der Waals surface area contributed by atoms with E-state index in [1.54, 1.807) is 12.4 Å². The lowest BCUT2D eigenvalue weighted by molar-refractivity contribution is -0.119. The Labute approximate surface area is 129 Å². The number of carbonyl (C=O) groups is 2. The Kier molecular flexibility index (Phi) is 3.34. The van der Waals surface area contributed by atoms with Gasteiger partial charge in [0.25, 0.3) is 0 Å². The van der Waals surface area contributed by atoms with Gasteiger partial charge in [-0.25, -0.2) is 4.79 Å². The Balaban J connectivity index is 1.84. The summed E-state index contributed by atoms with van der Waals surface area (Å²) in [6.45, 7) is 5.47. The molecule has 2 N–H and O–H groups in total. The van der Waals surface area contributed by atoms with Gasteiger partial charge in [-0.15, -0.1) is 0 Å². The predicted molar refractivity (Wildman–Crippen MR) is 81.5 cm³/mol. The highest BCUT2D eigenvalue weighted by Crippen LogP contribution is 2.44. The summed E-state index contributed by atoms with van der Waals surface area (Å²) in [5, 5.41) is 5.86. The van der Waals surface area contributed by atoms with Gasteiger partial charge in [0.15, 0.2) is 0 Å². The number of nitrogens with zero attached hydrogens (tertiary/aromatic N) is 1. The van der Waals surface area contributed by atoms with Crippen molar-refractivity contribution in [2.24, 2.45) is 0 Å². The fourth-order valence-electron chi connectivity index (χ4n) is 3.27. The molecule has 1 aromatic rings. The minimum atomic E-state index is -0.546. The van der Waals surface area contributed by atoms with E-state index in [-0.39, 0.29) is 11.4 Å². The smallest absolute Gasteiger partial charge is 0.412 e. The number of ether oxygens (including phenoxy) is 1. The summed E-state index contributed by atoms with van der Waals surface area (Å²) in [4.78, 5) is 27.8. The van der Waals surface area contributed by atoms with Gasteiger partial charge in [0.05, 0.1) is 17.4 Å². The molecule has 1 spiro atoms. The van der Waals surface area contributed by atoms with Gasteiger partial charge in [0, 0.05) is 18.2 Å². The molecule has 1 saturated heterocycles. The summed E-state index contributed by atoms with van der Waals surface area (Å²) in [5.74, 6) is 0.0818. The van der Waals surface area contributed by atoms with Crippen molar-refractivity contribution in [3.63, 3.8) is 0 Å². The fourth-order valence-corrected chi connectivity index (χ4v) is 3.27. The van der Waals surface area contributed by atoms with Crippen molar-refractivity contribution in [1.82, 2.24) is 10.3 Å². The summed E-state index contributed by atoms with van der Waals surface area (Å²) < 4.78 is 5.29. The minimum Gasteiger partial charge on any atom is -0.444 e. The van der Waals surface area contributed by atoms with E-state index in [9.17, 15) is 9.59 Å². The van der Waals surface area contributed by atoms with Crippen molar-refractivity contribution in [3.05, 3.63) is 23.5 Å². The summed E-state index contributed by atoms with van der Waals surface area (Å²) in [5.41, 5.74) is 1.89. The molecule has 0 bridgehead atoms. The zero-order valence-electron chi connectivity index (χ0n) is 13.2. The average Bonchev–Trinajstić information content (AvgIpc) is 2.94. The molecule has 1 atom stereocenters. The first-order valence-electron chi connectivity index (χ1n) is 7.57. The molecule has 1 unspecified atom stereocenters. The summed E-state index contributed by atoms with van der Waals surface area (Å²) in [6, 6.07) is 0. The van der Waals surface area contributed by atoms with Gasteiger partial charge < -0.3 is 10.1 Å². The largest absolute Gasteiger partial charge is 0.444 e. The van der Waals surface area contributed by atoms with Crippen molar-refractivity contribution in [2.75, 3.05) is 5.32 Å². The number of pyridine rings is 1. The second kappa shape index (κ2) is 4.97. The molecule has 0 saturated carbocycles. The van der Waals surface area contributed by atoms with Gasteiger partial charge in [-0.1, -0.05) is 0 Å². The van der Waals surface area contributed by atoms with Crippen molar-refractivity contribution in [1.29, 1.82) is 0 Å². The van der Waals surface area contributed by atoms with Crippen LogP contribution >= 0.6 is 0 Å². The number of anilines is 1. The zero-order chi connectivity index (χ0) is 16.0. The van der Waals surface area contributed by atoms with Gasteiger partial charge in [0.2, 0.25) is 5.91 Å². The second-order valence-corrected chi connectivity index (χ2v) is 6.97. The monoisotopic (exact) mass is 303 g/mol. The zero-order valence-corrected chi connectivity index (χ0v) is 13.2. The van der Waals surface area contributed by atoms with Crippen molar-refractivity contribution < 1.29 is 14.3 Å². The molecule has 1 aliphatic carbocycles. The summed E-state index contributed by atoms with van der Waals surface area (Å²) >= 11 is 0. The highest BCUT2D eigenvalue weighted by molar-refractivity contribution is 5.87. The molecule has 3 rings (SSSR count). The molecule has 1 fully saturated rings. The van der Waals surface area contributed by atoms with E-state index in [2.05, 4.69) is 15.6 Å². The number of hydrogen-bond donors (Lipinski definition) is 2. The Morgan fingerprint density at radius 3 is 2.68 bits per heavy atom. The van der Waals surface area contributed by atoms with E-state index in [4.69, 9.17) is 4.74 Å². The first-order chi connectivity index (χ1) is 10.3. The molecule has 2 aliphatic rings. The number of rotatable bonds is 1. The Bertz CT molecular complexity index is 636. The average molecular weight is 303 g/mol. The van der Waals surface area contributed by atoms with Gasteiger partial charge in [-0.2, -0.15) is 0 Å². The molecule has 118 valence electrons. The number of fused-ring (bicyclic) bond motifs is 2. The lowest BCUT2D eigenvalue weighted by Gasteiger charge is -2.24. The highest BCUT2D eigenvalue weighted by Gasteiger charge is 2.45. The number of carbonyl (C=O) groups excluding carboxylic acids is 2. The molecule has 1 aliphatic heterocycles. The third-order valence-corrected chi connectivity index (χ3v) is 4.17. The van der Waals surface area contributed by atoms with Gasteiger partial charge in [-0.05, 0) is 45.6 Å². The second-order valence-electron chi connectivity index (χ2n) is 6.97. The molecule has 2 amide bonds. The van der Waals surface area contributed by atoms with Crippen LogP contribution in [0.2, 0.25) is 0 Å². The molecule has 2 heterocycles. The van der Waals surface area contributed by atoms with Crippen molar-refractivity contribution in [3.8, 4) is 0 Å². The van der Waals surface area contributed by atoms with Crippen LogP contribution in [0, 0.1) is 0 Å². The molecule has 22 heavy (non-hydrogen) atoms. The fraction of sp³-hybridized carbons (Fsp3) is 0.562. The van der Waals surface area contributed by atoms with Crippen LogP contribution in [0.4, 0.5) is 10.5 Å². The highest BCUT2D eigenvalue weighted by atomic mass is 16.6. The first-order valence-corrected chi connectivity index (χ1v) is 7.57. The van der Waals surface area contributed by atoms with Crippen LogP contribution in [0.25, 0.3) is 0 Å². The summed E-state index contributed by atoms with van der Waals surface area (Å²) in [6.07, 6.45) is 5.94. The molecular weight excluding hydrogens is 282 g/mol. The predicted octanol–water partition coefficient (Wildman–Crippen LogP) is 2.48. The molecule has 1 aromatic heterocycles. The van der Waals surface area contributed by atoms with E-state index in [1.807, 2.05) is 20.8 Å². The van der Waals surface area contributed by atoms with E-state index < -0.39 is 11.7 Å². The SMILES string of the molecule is CC(C)(C)OC(=O)Nc1cncc2c1CCC21CCC(=O)N1. The first kappa shape index (κ1) is 14.8. The van der Waals surface area contributed by atoms with Crippen molar-refractivity contribution >= 4 is 17.7 Å². The Hall–Kier alpha value is -2.11. The van der Waals surface area contributed by atoms with Crippen molar-refractivity contribution in [2.45, 2.75) is 57.6 Å². The van der Waals surface area contributed by atoms with E-state index in [0.717, 1.165) is 30.4 Å². The summed E-state index contributed by atoms with van der Waals surface area (Å²) in [7, 11) is 0. The molecule has 0 radical (unpaired) electrons. The molecule has 0 aromatic carbocycles. The molecule has 6 nitrogen and oxygen atoms in total. The number of hydrogen-bond acceptors (Lipinski definition) is 4. The van der Waals surface area contributed by atoms with Crippen LogP contribution in [-0.4, -0.2) is 22.6 Å². The Morgan fingerprint density at radius 2 is 2.05 bits per heavy atom. The normalized spacial score (nSPS) is 23.3. The number of aromatic nitrogens is 1. The quantitative estimate of drug-likeness (QED) is 0.835. The topological polar surface area (TPSA) is 80.3 Å². The van der Waals surface area contributed by atoms with Crippen LogP contribution in [0.1, 0.15) is 51.2 Å². The minimum absolute atomic E-state index is 0.0818. The Morgan fingerprint density at radius 1 is 1.32 bits per heavy atom. The van der Waals surface area contributed by atoms with Crippen LogP contribution in [-0.2, 0) is 21.5 Å². The lowest BCUT2D eigenvalue weighted by atomic mass is 9.91. The maximum absolute atomic E-state index is 12.0.